The topological polar surface area (TPSA) is 16.8 Å². The van der Waals surface area contributed by atoms with Gasteiger partial charge in [-0.15, -0.1) is 0 Å². The maximum atomic E-state index is 3.78. The molecule has 0 amide bonds. The van der Waals surface area contributed by atoms with E-state index in [9.17, 15) is 0 Å². The van der Waals surface area contributed by atoms with Gasteiger partial charge in [-0.3, -0.25) is 4.98 Å². The van der Waals surface area contributed by atoms with Crippen molar-refractivity contribution in [1.82, 2.24) is 4.98 Å². The molecule has 0 fully saturated rings. The Hall–Kier alpha value is -1.70. The van der Waals surface area contributed by atoms with Crippen LogP contribution in [0.1, 0.15) is 0 Å². The molecule has 0 saturated heterocycles. The van der Waals surface area contributed by atoms with Crippen molar-refractivity contribution in [2.24, 2.45) is 7.05 Å². The van der Waals surface area contributed by atoms with Crippen molar-refractivity contribution in [3.8, 4) is 0 Å². The van der Waals surface area contributed by atoms with Gasteiger partial charge >= 0.3 is 0 Å². The number of pyridine rings is 2. The zero-order valence-electron chi connectivity index (χ0n) is 7.67. The molecule has 2 rings (SSSR count). The van der Waals surface area contributed by atoms with Gasteiger partial charge in [0.05, 0.1) is 0 Å². The molecule has 0 saturated carbocycles. The molecule has 2 heterocycles. The highest BCUT2D eigenvalue weighted by Crippen LogP contribution is 1.73. The van der Waals surface area contributed by atoms with E-state index in [1.165, 1.54) is 0 Å². The van der Waals surface area contributed by atoms with Gasteiger partial charge in [0.25, 0.3) is 0 Å². The van der Waals surface area contributed by atoms with Gasteiger partial charge in [0.15, 0.2) is 12.4 Å². The Labute approximate surface area is 78.5 Å². The van der Waals surface area contributed by atoms with Gasteiger partial charge in [-0.2, -0.15) is 0 Å². The van der Waals surface area contributed by atoms with Crippen LogP contribution in [0.3, 0.4) is 0 Å². The molecule has 0 unspecified atom stereocenters. The Morgan fingerprint density at radius 1 is 0.769 bits per heavy atom. The van der Waals surface area contributed by atoms with Crippen LogP contribution < -0.4 is 4.57 Å². The van der Waals surface area contributed by atoms with Crippen molar-refractivity contribution in [3.63, 3.8) is 0 Å². The average molecular weight is 173 g/mol. The minimum absolute atomic E-state index is 1.75. The second kappa shape index (κ2) is 5.89. The van der Waals surface area contributed by atoms with E-state index in [2.05, 4.69) is 4.98 Å². The summed E-state index contributed by atoms with van der Waals surface area (Å²) in [6, 6.07) is 11.7. The Bertz CT molecular complexity index is 279. The van der Waals surface area contributed by atoms with E-state index >= 15 is 0 Å². The maximum absolute atomic E-state index is 3.78. The molecule has 0 aliphatic rings. The van der Waals surface area contributed by atoms with E-state index in [4.69, 9.17) is 0 Å². The van der Waals surface area contributed by atoms with E-state index in [0.717, 1.165) is 0 Å². The predicted molar refractivity (Wildman–Crippen MR) is 51.9 cm³/mol. The van der Waals surface area contributed by atoms with Gasteiger partial charge in [0.1, 0.15) is 7.05 Å². The molecule has 0 aromatic carbocycles. The number of nitrogens with zero attached hydrogens (tertiary/aromatic N) is 2. The summed E-state index contributed by atoms with van der Waals surface area (Å²) in [7, 11) is 2.00. The lowest BCUT2D eigenvalue weighted by Crippen LogP contribution is -2.25. The van der Waals surface area contributed by atoms with Crippen LogP contribution in [0.25, 0.3) is 0 Å². The highest BCUT2D eigenvalue weighted by Gasteiger charge is 1.78. The molecule has 0 N–H and O–H groups in total. The van der Waals surface area contributed by atoms with Crippen LogP contribution in [0.2, 0.25) is 0 Å². The van der Waals surface area contributed by atoms with Crippen LogP contribution in [0.5, 0.6) is 0 Å². The number of aromatic nitrogens is 2. The Morgan fingerprint density at radius 2 is 1.31 bits per heavy atom. The van der Waals surface area contributed by atoms with Crippen LogP contribution in [0, 0.1) is 0 Å². The number of hydrogen-bond donors (Lipinski definition) is 0. The molecular weight excluding hydrogens is 160 g/mol. The lowest BCUT2D eigenvalue weighted by Gasteiger charge is -1.77. The quantitative estimate of drug-likeness (QED) is 0.553. The molecule has 2 aromatic heterocycles. The molecular formula is C11H13N2+. The second-order valence-corrected chi connectivity index (χ2v) is 2.57. The first-order chi connectivity index (χ1) is 6.39. The van der Waals surface area contributed by atoms with Gasteiger partial charge < -0.3 is 0 Å². The Balaban J connectivity index is 0.000000132. The van der Waals surface area contributed by atoms with Gasteiger partial charge in [-0.1, -0.05) is 12.1 Å². The summed E-state index contributed by atoms with van der Waals surface area (Å²) in [5.41, 5.74) is 0. The SMILES string of the molecule is C[n+]1ccccc1.c1ccncc1. The van der Waals surface area contributed by atoms with Gasteiger partial charge in [-0.25, -0.2) is 4.57 Å². The van der Waals surface area contributed by atoms with E-state index in [1.807, 2.05) is 60.4 Å². The summed E-state index contributed by atoms with van der Waals surface area (Å²) in [4.78, 5) is 3.78. The molecule has 13 heavy (non-hydrogen) atoms. The lowest BCUT2D eigenvalue weighted by molar-refractivity contribution is -0.671. The summed E-state index contributed by atoms with van der Waals surface area (Å²) in [6.45, 7) is 0. The maximum Gasteiger partial charge on any atom is 0.168 e. The molecule has 0 radical (unpaired) electrons. The van der Waals surface area contributed by atoms with Crippen molar-refractivity contribution in [1.29, 1.82) is 0 Å². The molecule has 0 spiro atoms. The predicted octanol–water partition coefficient (Wildman–Crippen LogP) is 1.59. The molecule has 0 aliphatic heterocycles. The number of aryl methyl sites for hydroxylation is 1. The Morgan fingerprint density at radius 3 is 1.54 bits per heavy atom. The average Bonchev–Trinajstić information content (AvgIpc) is 2.22. The van der Waals surface area contributed by atoms with Crippen molar-refractivity contribution in [2.45, 2.75) is 0 Å². The molecule has 2 heteroatoms. The first kappa shape index (κ1) is 9.39. The van der Waals surface area contributed by atoms with Crippen molar-refractivity contribution < 1.29 is 4.57 Å². The second-order valence-electron chi connectivity index (χ2n) is 2.57. The molecule has 0 aliphatic carbocycles. The first-order valence-corrected chi connectivity index (χ1v) is 4.15. The van der Waals surface area contributed by atoms with Crippen LogP contribution in [0.15, 0.2) is 61.2 Å². The summed E-state index contributed by atoms with van der Waals surface area (Å²) < 4.78 is 2.00. The monoisotopic (exact) mass is 173 g/mol. The summed E-state index contributed by atoms with van der Waals surface area (Å²) in [5.74, 6) is 0. The fraction of sp³-hybridized carbons (Fsp3) is 0.0909. The summed E-state index contributed by atoms with van der Waals surface area (Å²) >= 11 is 0. The molecule has 66 valence electrons. The summed E-state index contributed by atoms with van der Waals surface area (Å²) in [6.07, 6.45) is 7.50. The highest BCUT2D eigenvalue weighted by molar-refractivity contribution is 4.88. The van der Waals surface area contributed by atoms with Gasteiger partial charge in [0, 0.05) is 24.5 Å². The van der Waals surface area contributed by atoms with Crippen molar-refractivity contribution >= 4 is 0 Å². The van der Waals surface area contributed by atoms with Gasteiger partial charge in [0.2, 0.25) is 0 Å². The largest absolute Gasteiger partial charge is 0.265 e. The molecule has 2 nitrogen and oxygen atoms in total. The van der Waals surface area contributed by atoms with Gasteiger partial charge in [-0.05, 0) is 12.1 Å². The van der Waals surface area contributed by atoms with Crippen LogP contribution in [-0.4, -0.2) is 4.98 Å². The minimum Gasteiger partial charge on any atom is -0.265 e. The normalized spacial score (nSPS) is 8.38. The van der Waals surface area contributed by atoms with Crippen LogP contribution in [-0.2, 0) is 7.05 Å². The van der Waals surface area contributed by atoms with Crippen LogP contribution >= 0.6 is 0 Å². The smallest absolute Gasteiger partial charge is 0.168 e. The Kier molecular flexibility index (Phi) is 4.25. The van der Waals surface area contributed by atoms with E-state index in [-0.39, 0.29) is 0 Å². The van der Waals surface area contributed by atoms with Crippen molar-refractivity contribution in [2.75, 3.05) is 0 Å². The molecule has 0 atom stereocenters. The lowest BCUT2D eigenvalue weighted by atomic mass is 10.5. The fourth-order valence-electron chi connectivity index (χ4n) is 0.797. The van der Waals surface area contributed by atoms with E-state index in [0.29, 0.717) is 0 Å². The molecule has 0 bridgehead atoms. The first-order valence-electron chi connectivity index (χ1n) is 4.15. The third-order valence-corrected chi connectivity index (χ3v) is 1.43. The highest BCUT2D eigenvalue weighted by atomic mass is 14.9. The zero-order valence-corrected chi connectivity index (χ0v) is 7.67. The van der Waals surface area contributed by atoms with E-state index in [1.54, 1.807) is 12.4 Å². The number of hydrogen-bond acceptors (Lipinski definition) is 1. The third-order valence-electron chi connectivity index (χ3n) is 1.43. The number of rotatable bonds is 0. The summed E-state index contributed by atoms with van der Waals surface area (Å²) in [5, 5.41) is 0. The minimum atomic E-state index is 1.75. The zero-order chi connectivity index (χ0) is 9.36. The molecule has 2 aromatic rings. The van der Waals surface area contributed by atoms with Crippen LogP contribution in [0.4, 0.5) is 0 Å². The third kappa shape index (κ3) is 4.69. The standard InChI is InChI=1S/C6H8N.C5H5N/c1-7-5-3-2-4-6-7;1-2-4-6-5-3-1/h2-6H,1H3;1-5H/q+1;. The van der Waals surface area contributed by atoms with Crippen molar-refractivity contribution in [3.05, 3.63) is 61.2 Å². The van der Waals surface area contributed by atoms with E-state index < -0.39 is 0 Å². The fourth-order valence-corrected chi connectivity index (χ4v) is 0.797.